The molecule has 0 atom stereocenters. The fourth-order valence-electron chi connectivity index (χ4n) is 1.94. The van der Waals surface area contributed by atoms with E-state index in [9.17, 15) is 0 Å². The average Bonchev–Trinajstić information content (AvgIpc) is 2.74. The van der Waals surface area contributed by atoms with Crippen LogP contribution in [0.25, 0.3) is 11.0 Å². The molecule has 0 aliphatic heterocycles. The lowest BCUT2D eigenvalue weighted by atomic mass is 10.4. The first kappa shape index (κ1) is 13.4. The number of unbranched alkanes of at least 4 members (excludes halogenated alkanes) is 1. The average molecular weight is 283 g/mol. The van der Waals surface area contributed by atoms with Crippen LogP contribution in [0, 0.1) is 0 Å². The predicted octanol–water partition coefficient (Wildman–Crippen LogP) is 4.03. The van der Waals surface area contributed by atoms with Gasteiger partial charge in [-0.15, -0.1) is 0 Å². The Bertz CT molecular complexity index is 538. The summed E-state index contributed by atoms with van der Waals surface area (Å²) in [7, 11) is -1.50. The van der Waals surface area contributed by atoms with E-state index < -0.39 is 8.24 Å². The van der Waals surface area contributed by atoms with Gasteiger partial charge in [0.05, 0.1) is 5.39 Å². The van der Waals surface area contributed by atoms with Crippen molar-refractivity contribution >= 4 is 36.8 Å². The van der Waals surface area contributed by atoms with Gasteiger partial charge >= 0.3 is 0 Å². The van der Waals surface area contributed by atoms with E-state index in [0.29, 0.717) is 11.1 Å². The van der Waals surface area contributed by atoms with Gasteiger partial charge in [0, 0.05) is 6.20 Å². The molecule has 0 aliphatic rings. The topological polar surface area (TPSA) is 53.6 Å². The zero-order valence-electron chi connectivity index (χ0n) is 11.0. The summed E-state index contributed by atoms with van der Waals surface area (Å²) in [5.41, 5.74) is 0.790. The maximum Gasteiger partial charge on any atom is 0.217 e. The van der Waals surface area contributed by atoms with Crippen LogP contribution in [0.3, 0.4) is 0 Å². The molecule has 0 amide bonds. The van der Waals surface area contributed by atoms with Crippen LogP contribution in [0.4, 0.5) is 5.95 Å². The number of nitrogens with zero attached hydrogens (tertiary/aromatic N) is 2. The molecule has 2 heterocycles. The fourth-order valence-corrected chi connectivity index (χ4v) is 4.26. The third-order valence-corrected chi connectivity index (χ3v) is 5.77. The maximum absolute atomic E-state index is 6.14. The molecule has 0 bridgehead atoms. The molecule has 18 heavy (non-hydrogen) atoms. The summed E-state index contributed by atoms with van der Waals surface area (Å²) in [6.45, 7) is 6.79. The minimum Gasteiger partial charge on any atom is -0.380 e. The van der Waals surface area contributed by atoms with Crippen LogP contribution in [0.1, 0.15) is 19.8 Å². The van der Waals surface area contributed by atoms with Gasteiger partial charge in [-0.25, -0.2) is 4.98 Å². The highest BCUT2D eigenvalue weighted by molar-refractivity contribution is 6.80. The molecule has 4 nitrogen and oxygen atoms in total. The molecule has 2 rings (SSSR count). The lowest BCUT2D eigenvalue weighted by Gasteiger charge is -2.23. The Balaban J connectivity index is 2.20. The Labute approximate surface area is 113 Å². The molecule has 2 aromatic rings. The lowest BCUT2D eigenvalue weighted by molar-refractivity contribution is 0.867. The number of rotatable bonds is 5. The minimum absolute atomic E-state index is 0.504. The van der Waals surface area contributed by atoms with E-state index in [0.717, 1.165) is 11.0 Å². The monoisotopic (exact) mass is 282 g/mol. The van der Waals surface area contributed by atoms with Crippen LogP contribution >= 0.6 is 11.6 Å². The molecular formula is C12H19ClN4Si. The number of nitrogens with one attached hydrogen (secondary N) is 2. The summed E-state index contributed by atoms with van der Waals surface area (Å²) in [6.07, 6.45) is 4.29. The lowest BCUT2D eigenvalue weighted by Crippen LogP contribution is -2.37. The third-order valence-electron chi connectivity index (χ3n) is 2.97. The van der Waals surface area contributed by atoms with Crippen molar-refractivity contribution in [2.75, 3.05) is 4.98 Å². The summed E-state index contributed by atoms with van der Waals surface area (Å²) in [5, 5.41) is 1.37. The van der Waals surface area contributed by atoms with Crippen LogP contribution in [0.2, 0.25) is 24.3 Å². The standard InChI is InChI=1S/C12H19ClN4Si/c1-4-5-8-18(2,3)17-12-15-10(13)9-6-7-14-11(9)16-12/h6-7H,4-5,8H2,1-3H3,(H2,14,15,16,17). The third kappa shape index (κ3) is 3.03. The first-order valence-electron chi connectivity index (χ1n) is 6.30. The van der Waals surface area contributed by atoms with Gasteiger partial charge in [-0.05, 0) is 12.1 Å². The Hall–Kier alpha value is -1.07. The SMILES string of the molecule is CCCC[Si](C)(C)Nc1nc(Cl)c2cc[nH]c2n1. The molecule has 6 heteroatoms. The fraction of sp³-hybridized carbons (Fsp3) is 0.500. The molecule has 0 unspecified atom stereocenters. The van der Waals surface area contributed by atoms with Gasteiger partial charge in [0.1, 0.15) is 10.8 Å². The molecule has 2 N–H and O–H groups in total. The first-order valence-corrected chi connectivity index (χ1v) is 9.89. The van der Waals surface area contributed by atoms with Crippen LogP contribution in [0.5, 0.6) is 0 Å². The van der Waals surface area contributed by atoms with Crippen LogP contribution in [-0.4, -0.2) is 23.2 Å². The second-order valence-corrected chi connectivity index (χ2v) is 10.1. The van der Waals surface area contributed by atoms with E-state index in [1.165, 1.54) is 18.9 Å². The van der Waals surface area contributed by atoms with Crippen molar-refractivity contribution in [3.05, 3.63) is 17.4 Å². The molecule has 0 fully saturated rings. The van der Waals surface area contributed by atoms with Crippen molar-refractivity contribution in [2.24, 2.45) is 0 Å². The van der Waals surface area contributed by atoms with Crippen molar-refractivity contribution in [1.29, 1.82) is 0 Å². The summed E-state index contributed by atoms with van der Waals surface area (Å²) >= 11 is 6.14. The maximum atomic E-state index is 6.14. The van der Waals surface area contributed by atoms with Gasteiger partial charge in [0.2, 0.25) is 5.95 Å². The smallest absolute Gasteiger partial charge is 0.217 e. The van der Waals surface area contributed by atoms with Crippen LogP contribution in [-0.2, 0) is 0 Å². The Kier molecular flexibility index (Phi) is 3.92. The number of fused-ring (bicyclic) bond motifs is 1. The number of hydrogen-bond acceptors (Lipinski definition) is 3. The van der Waals surface area contributed by atoms with Gasteiger partial charge in [0.15, 0.2) is 8.24 Å². The predicted molar refractivity (Wildman–Crippen MR) is 79.7 cm³/mol. The highest BCUT2D eigenvalue weighted by atomic mass is 35.5. The second kappa shape index (κ2) is 5.28. The summed E-state index contributed by atoms with van der Waals surface area (Å²) < 4.78 is 0. The van der Waals surface area contributed by atoms with Crippen molar-refractivity contribution in [1.82, 2.24) is 15.0 Å². The molecule has 0 radical (unpaired) electrons. The zero-order chi connectivity index (χ0) is 13.2. The molecule has 0 saturated heterocycles. The number of aromatic nitrogens is 3. The zero-order valence-corrected chi connectivity index (χ0v) is 12.8. The number of anilines is 1. The summed E-state index contributed by atoms with van der Waals surface area (Å²) in [5.74, 6) is 0.641. The Morgan fingerprint density at radius 1 is 1.39 bits per heavy atom. The minimum atomic E-state index is -1.50. The molecule has 0 spiro atoms. The van der Waals surface area contributed by atoms with E-state index in [-0.39, 0.29) is 0 Å². The molecule has 0 aromatic carbocycles. The molecular weight excluding hydrogens is 264 g/mol. The Morgan fingerprint density at radius 2 is 2.17 bits per heavy atom. The van der Waals surface area contributed by atoms with Gasteiger partial charge in [0.25, 0.3) is 0 Å². The number of H-pyrrole nitrogens is 1. The van der Waals surface area contributed by atoms with Crippen LogP contribution < -0.4 is 4.98 Å². The quantitative estimate of drug-likeness (QED) is 0.643. The number of halogens is 1. The van der Waals surface area contributed by atoms with Gasteiger partial charge in [-0.3, -0.25) is 0 Å². The van der Waals surface area contributed by atoms with Crippen molar-refractivity contribution < 1.29 is 0 Å². The largest absolute Gasteiger partial charge is 0.380 e. The normalized spacial score (nSPS) is 12.0. The van der Waals surface area contributed by atoms with Gasteiger partial charge < -0.3 is 9.97 Å². The summed E-state index contributed by atoms with van der Waals surface area (Å²) in [6, 6.07) is 3.11. The number of aromatic amines is 1. The van der Waals surface area contributed by atoms with Crippen molar-refractivity contribution in [3.8, 4) is 0 Å². The first-order chi connectivity index (χ1) is 8.52. The van der Waals surface area contributed by atoms with Crippen molar-refractivity contribution in [2.45, 2.75) is 38.9 Å². The van der Waals surface area contributed by atoms with E-state index in [1.807, 2.05) is 12.3 Å². The molecule has 98 valence electrons. The van der Waals surface area contributed by atoms with E-state index in [4.69, 9.17) is 11.6 Å². The summed E-state index contributed by atoms with van der Waals surface area (Å²) in [4.78, 5) is 15.3. The van der Waals surface area contributed by atoms with Crippen LogP contribution in [0.15, 0.2) is 12.3 Å². The molecule has 2 aromatic heterocycles. The number of hydrogen-bond donors (Lipinski definition) is 2. The van der Waals surface area contributed by atoms with E-state index >= 15 is 0 Å². The van der Waals surface area contributed by atoms with Gasteiger partial charge in [-0.2, -0.15) is 4.98 Å². The highest BCUT2D eigenvalue weighted by Crippen LogP contribution is 2.22. The van der Waals surface area contributed by atoms with Gasteiger partial charge in [-0.1, -0.05) is 44.5 Å². The molecule has 0 aliphatic carbocycles. The van der Waals surface area contributed by atoms with E-state index in [2.05, 4.69) is 40.0 Å². The van der Waals surface area contributed by atoms with E-state index in [1.54, 1.807) is 0 Å². The highest BCUT2D eigenvalue weighted by Gasteiger charge is 2.22. The van der Waals surface area contributed by atoms with Crippen molar-refractivity contribution in [3.63, 3.8) is 0 Å². The second-order valence-electron chi connectivity index (χ2n) is 5.19. The Morgan fingerprint density at radius 3 is 2.89 bits per heavy atom. The molecule has 0 saturated carbocycles.